The van der Waals surface area contributed by atoms with Gasteiger partial charge in [-0.05, 0) is 18.2 Å². The van der Waals surface area contributed by atoms with Crippen LogP contribution >= 0.6 is 11.3 Å². The van der Waals surface area contributed by atoms with Gasteiger partial charge in [-0.15, -0.1) is 10.2 Å². The molecule has 0 saturated carbocycles. The minimum Gasteiger partial charge on any atom is -0.375 e. The molecule has 2 N–H and O–H groups in total. The van der Waals surface area contributed by atoms with E-state index >= 15 is 0 Å². The second kappa shape index (κ2) is 8.32. The number of methoxy groups -OCH3 is 1. The second-order valence-electron chi connectivity index (χ2n) is 5.29. The van der Waals surface area contributed by atoms with Crippen LogP contribution in [0.1, 0.15) is 10.4 Å². The van der Waals surface area contributed by atoms with Gasteiger partial charge in [0.25, 0.3) is 5.91 Å². The van der Waals surface area contributed by atoms with Crippen molar-refractivity contribution in [1.29, 1.82) is 0 Å². The summed E-state index contributed by atoms with van der Waals surface area (Å²) in [4.78, 5) is 24.0. The number of amides is 2. The normalized spacial score (nSPS) is 10.3. The number of nitrogens with one attached hydrogen (secondary N) is 2. The number of rotatable bonds is 6. The van der Waals surface area contributed by atoms with Crippen molar-refractivity contribution >= 4 is 34.0 Å². The molecule has 0 spiro atoms. The standard InChI is InChI=1S/C18H16N4O3S/c1-25-11-15(23)19-14-9-5-8-13(10-14)16(24)20-18-22-21-17(26-18)12-6-3-2-4-7-12/h2-10H,11H2,1H3,(H,19,23)(H,20,22,24). The van der Waals surface area contributed by atoms with Crippen molar-refractivity contribution < 1.29 is 14.3 Å². The third-order valence-electron chi connectivity index (χ3n) is 3.35. The molecule has 0 unspecified atom stereocenters. The highest BCUT2D eigenvalue weighted by Crippen LogP contribution is 2.26. The third kappa shape index (κ3) is 4.50. The second-order valence-corrected chi connectivity index (χ2v) is 6.27. The molecule has 0 fully saturated rings. The van der Waals surface area contributed by atoms with Crippen LogP contribution in [0.2, 0.25) is 0 Å². The summed E-state index contributed by atoms with van der Waals surface area (Å²) in [7, 11) is 1.44. The zero-order chi connectivity index (χ0) is 18.4. The minimum absolute atomic E-state index is 0.0521. The summed E-state index contributed by atoms with van der Waals surface area (Å²) in [5, 5.41) is 14.6. The first-order chi connectivity index (χ1) is 12.7. The lowest BCUT2D eigenvalue weighted by molar-refractivity contribution is -0.119. The van der Waals surface area contributed by atoms with Gasteiger partial charge >= 0.3 is 0 Å². The molecule has 7 nitrogen and oxygen atoms in total. The summed E-state index contributed by atoms with van der Waals surface area (Å²) in [6.07, 6.45) is 0. The Balaban J connectivity index is 1.69. The van der Waals surface area contributed by atoms with E-state index in [1.54, 1.807) is 24.3 Å². The van der Waals surface area contributed by atoms with E-state index in [9.17, 15) is 9.59 Å². The summed E-state index contributed by atoms with van der Waals surface area (Å²) in [6, 6.07) is 16.2. The van der Waals surface area contributed by atoms with Gasteiger partial charge in [-0.1, -0.05) is 47.7 Å². The fourth-order valence-corrected chi connectivity index (χ4v) is 2.95. The number of hydrogen-bond donors (Lipinski definition) is 2. The molecule has 3 aromatic rings. The van der Waals surface area contributed by atoms with Gasteiger partial charge in [0.2, 0.25) is 11.0 Å². The lowest BCUT2D eigenvalue weighted by Gasteiger charge is -2.06. The zero-order valence-electron chi connectivity index (χ0n) is 13.9. The molecule has 2 aromatic carbocycles. The molecular weight excluding hydrogens is 352 g/mol. The average molecular weight is 368 g/mol. The van der Waals surface area contributed by atoms with Crippen LogP contribution in [-0.4, -0.2) is 35.7 Å². The Morgan fingerprint density at radius 2 is 1.85 bits per heavy atom. The van der Waals surface area contributed by atoms with Crippen LogP contribution in [0.3, 0.4) is 0 Å². The van der Waals surface area contributed by atoms with Gasteiger partial charge in [-0.3, -0.25) is 14.9 Å². The van der Waals surface area contributed by atoms with E-state index in [0.29, 0.717) is 16.4 Å². The number of aromatic nitrogens is 2. The topological polar surface area (TPSA) is 93.2 Å². The van der Waals surface area contributed by atoms with Gasteiger partial charge in [0.1, 0.15) is 11.6 Å². The number of benzene rings is 2. The maximum atomic E-state index is 12.4. The first kappa shape index (κ1) is 17.7. The van der Waals surface area contributed by atoms with E-state index in [2.05, 4.69) is 20.8 Å². The lowest BCUT2D eigenvalue weighted by Crippen LogP contribution is -2.18. The summed E-state index contributed by atoms with van der Waals surface area (Å²) in [5.41, 5.74) is 1.85. The summed E-state index contributed by atoms with van der Waals surface area (Å²) < 4.78 is 4.77. The van der Waals surface area contributed by atoms with Crippen LogP contribution in [0.5, 0.6) is 0 Å². The van der Waals surface area contributed by atoms with Crippen molar-refractivity contribution in [2.75, 3.05) is 24.4 Å². The summed E-state index contributed by atoms with van der Waals surface area (Å²) >= 11 is 1.29. The van der Waals surface area contributed by atoms with Crippen molar-refractivity contribution in [2.45, 2.75) is 0 Å². The Kier molecular flexibility index (Phi) is 5.67. The highest BCUT2D eigenvalue weighted by Gasteiger charge is 2.12. The number of carbonyl (C=O) groups is 2. The molecule has 1 aromatic heterocycles. The van der Waals surface area contributed by atoms with Gasteiger partial charge in [-0.25, -0.2) is 0 Å². The fraction of sp³-hybridized carbons (Fsp3) is 0.111. The van der Waals surface area contributed by atoms with Gasteiger partial charge in [-0.2, -0.15) is 0 Å². The van der Waals surface area contributed by atoms with Crippen molar-refractivity contribution in [3.63, 3.8) is 0 Å². The largest absolute Gasteiger partial charge is 0.375 e. The molecular formula is C18H16N4O3S. The SMILES string of the molecule is COCC(=O)Nc1cccc(C(=O)Nc2nnc(-c3ccccc3)s2)c1. The molecule has 0 saturated heterocycles. The predicted octanol–water partition coefficient (Wildman–Crippen LogP) is 3.04. The molecule has 0 aliphatic heterocycles. The molecule has 0 aliphatic rings. The van der Waals surface area contributed by atoms with Crippen LogP contribution in [0, 0.1) is 0 Å². The third-order valence-corrected chi connectivity index (χ3v) is 4.24. The van der Waals surface area contributed by atoms with E-state index in [0.717, 1.165) is 10.6 Å². The van der Waals surface area contributed by atoms with Gasteiger partial charge in [0.05, 0.1) is 0 Å². The molecule has 0 bridgehead atoms. The minimum atomic E-state index is -0.330. The molecule has 26 heavy (non-hydrogen) atoms. The zero-order valence-corrected chi connectivity index (χ0v) is 14.7. The number of ether oxygens (including phenoxy) is 1. The molecule has 8 heteroatoms. The van der Waals surface area contributed by atoms with Gasteiger partial charge in [0.15, 0.2) is 0 Å². The summed E-state index contributed by atoms with van der Waals surface area (Å²) in [6.45, 7) is -0.0521. The summed E-state index contributed by atoms with van der Waals surface area (Å²) in [5.74, 6) is -0.620. The first-order valence-corrected chi connectivity index (χ1v) is 8.56. The quantitative estimate of drug-likeness (QED) is 0.697. The molecule has 1 heterocycles. The Bertz CT molecular complexity index is 912. The highest BCUT2D eigenvalue weighted by molar-refractivity contribution is 7.18. The van der Waals surface area contributed by atoms with E-state index < -0.39 is 0 Å². The molecule has 2 amide bonds. The van der Waals surface area contributed by atoms with Crippen molar-refractivity contribution in [3.8, 4) is 10.6 Å². The monoisotopic (exact) mass is 368 g/mol. The average Bonchev–Trinajstić information content (AvgIpc) is 3.11. The number of anilines is 2. The number of carbonyl (C=O) groups excluding carboxylic acids is 2. The molecule has 3 rings (SSSR count). The first-order valence-electron chi connectivity index (χ1n) is 7.75. The Hall–Kier alpha value is -3.10. The smallest absolute Gasteiger partial charge is 0.257 e. The van der Waals surface area contributed by atoms with E-state index in [1.807, 2.05) is 30.3 Å². The Labute approximate surface area is 154 Å². The molecule has 0 radical (unpaired) electrons. The Morgan fingerprint density at radius 1 is 1.04 bits per heavy atom. The van der Waals surface area contributed by atoms with Crippen LogP contribution in [0.15, 0.2) is 54.6 Å². The maximum absolute atomic E-state index is 12.4. The molecule has 0 aliphatic carbocycles. The Morgan fingerprint density at radius 3 is 2.62 bits per heavy atom. The van der Waals surface area contributed by atoms with E-state index in [4.69, 9.17) is 4.74 Å². The predicted molar refractivity (Wildman–Crippen MR) is 100 cm³/mol. The van der Waals surface area contributed by atoms with Crippen LogP contribution in [0.25, 0.3) is 10.6 Å². The van der Waals surface area contributed by atoms with Crippen molar-refractivity contribution in [2.24, 2.45) is 0 Å². The number of nitrogens with zero attached hydrogens (tertiary/aromatic N) is 2. The number of hydrogen-bond acceptors (Lipinski definition) is 6. The fourth-order valence-electron chi connectivity index (χ4n) is 2.21. The van der Waals surface area contributed by atoms with Crippen LogP contribution in [-0.2, 0) is 9.53 Å². The van der Waals surface area contributed by atoms with Gasteiger partial charge in [0, 0.05) is 23.9 Å². The van der Waals surface area contributed by atoms with Gasteiger partial charge < -0.3 is 10.1 Å². The van der Waals surface area contributed by atoms with E-state index in [-0.39, 0.29) is 18.4 Å². The maximum Gasteiger partial charge on any atom is 0.257 e. The van der Waals surface area contributed by atoms with E-state index in [1.165, 1.54) is 18.4 Å². The van der Waals surface area contributed by atoms with Crippen molar-refractivity contribution in [3.05, 3.63) is 60.2 Å². The lowest BCUT2D eigenvalue weighted by atomic mass is 10.2. The molecule has 0 atom stereocenters. The van der Waals surface area contributed by atoms with Crippen LogP contribution < -0.4 is 10.6 Å². The molecule has 132 valence electrons. The van der Waals surface area contributed by atoms with Crippen molar-refractivity contribution in [1.82, 2.24) is 10.2 Å². The van der Waals surface area contributed by atoms with Crippen LogP contribution in [0.4, 0.5) is 10.8 Å². The highest BCUT2D eigenvalue weighted by atomic mass is 32.1.